The molecule has 0 aliphatic heterocycles. The van der Waals surface area contributed by atoms with Crippen LogP contribution in [0.5, 0.6) is 0 Å². The zero-order chi connectivity index (χ0) is 43.6. The molecule has 5 aromatic carbocycles. The van der Waals surface area contributed by atoms with E-state index in [9.17, 15) is 0 Å². The molecule has 6 aliphatic rings. The summed E-state index contributed by atoms with van der Waals surface area (Å²) in [6, 6.07) is 64.7. The van der Waals surface area contributed by atoms with Gasteiger partial charge in [0, 0.05) is 27.1 Å². The molecule has 0 radical (unpaired) electrons. The third-order valence-corrected chi connectivity index (χ3v) is 20.3. The van der Waals surface area contributed by atoms with Crippen LogP contribution in [0.1, 0.15) is 188 Å². The highest BCUT2D eigenvalue weighted by atomic mass is 14.9. The normalized spacial score (nSPS) is 32.6. The maximum atomic E-state index is 2.77. The fourth-order valence-corrected chi connectivity index (χ4v) is 19.4. The Morgan fingerprint density at radius 3 is 0.462 bits per heavy atom. The molecule has 65 heavy (non-hydrogen) atoms. The third kappa shape index (κ3) is 6.19. The molecule has 11 rings (SSSR count). The summed E-state index contributed by atoms with van der Waals surface area (Å²) in [6.07, 6.45) is 33.8. The molecular weight excluding hydrogens is 781 g/mol. The van der Waals surface area contributed by atoms with Crippen molar-refractivity contribution in [2.24, 2.45) is 29.6 Å². The van der Waals surface area contributed by atoms with E-state index in [-0.39, 0.29) is 27.1 Å². The third-order valence-electron chi connectivity index (χ3n) is 20.3. The van der Waals surface area contributed by atoms with Crippen molar-refractivity contribution in [1.29, 1.82) is 0 Å². The lowest BCUT2D eigenvalue weighted by Gasteiger charge is -2.67. The minimum atomic E-state index is -0.213. The number of benzene rings is 5. The molecule has 5 aromatic rings. The van der Waals surface area contributed by atoms with Gasteiger partial charge in [-0.1, -0.05) is 248 Å². The highest BCUT2D eigenvalue weighted by Crippen LogP contribution is 2.90. The second-order valence-electron chi connectivity index (χ2n) is 22.5. The van der Waals surface area contributed by atoms with E-state index in [1.54, 1.807) is 27.8 Å². The summed E-state index contributed by atoms with van der Waals surface area (Å²) in [4.78, 5) is 0. The minimum Gasteiger partial charge on any atom is -0.0622 e. The summed E-state index contributed by atoms with van der Waals surface area (Å²) in [5, 5.41) is 0. The van der Waals surface area contributed by atoms with E-state index in [1.165, 1.54) is 161 Å². The van der Waals surface area contributed by atoms with Crippen LogP contribution in [0.2, 0.25) is 0 Å². The van der Waals surface area contributed by atoms with Gasteiger partial charge >= 0.3 is 0 Å². The molecule has 340 valence electrons. The van der Waals surface area contributed by atoms with Crippen molar-refractivity contribution in [2.75, 3.05) is 0 Å². The Morgan fingerprint density at radius 1 is 0.185 bits per heavy atom. The van der Waals surface area contributed by atoms with Crippen LogP contribution in [0.15, 0.2) is 152 Å². The Balaban J connectivity index is 1.53. The monoisotopic (exact) mass is 861 g/mol. The van der Waals surface area contributed by atoms with Gasteiger partial charge in [0.2, 0.25) is 0 Å². The smallest absolute Gasteiger partial charge is 0.0198 e. The Morgan fingerprint density at radius 2 is 0.323 bits per heavy atom. The van der Waals surface area contributed by atoms with Crippen LogP contribution in [0.3, 0.4) is 0 Å². The van der Waals surface area contributed by atoms with Gasteiger partial charge in [0.25, 0.3) is 0 Å². The molecule has 0 amide bonds. The molecule has 0 atom stereocenters. The first-order valence-electron chi connectivity index (χ1n) is 27.6. The van der Waals surface area contributed by atoms with Gasteiger partial charge in [-0.25, -0.2) is 0 Å². The molecule has 6 saturated carbocycles. The van der Waals surface area contributed by atoms with Gasteiger partial charge in [0.15, 0.2) is 0 Å². The lowest BCUT2D eigenvalue weighted by Crippen LogP contribution is -2.69. The van der Waals surface area contributed by atoms with Crippen molar-refractivity contribution in [3.05, 3.63) is 179 Å². The predicted molar refractivity (Wildman–Crippen MR) is 273 cm³/mol. The largest absolute Gasteiger partial charge is 0.0622 e. The molecule has 0 N–H and O–H groups in total. The molecule has 6 fully saturated rings. The molecule has 0 heteroatoms. The predicted octanol–water partition coefficient (Wildman–Crippen LogP) is 17.6. The topological polar surface area (TPSA) is 0 Å². The average Bonchev–Trinajstić information content (AvgIpc) is 3.62. The molecule has 6 aliphatic carbocycles. The van der Waals surface area contributed by atoms with Crippen molar-refractivity contribution < 1.29 is 0 Å². The number of hydrogen-bond donors (Lipinski definition) is 0. The van der Waals surface area contributed by atoms with E-state index in [2.05, 4.69) is 152 Å². The lowest BCUT2D eigenvalue weighted by molar-refractivity contribution is -0.0419. The molecule has 0 saturated heterocycles. The highest BCUT2D eigenvalue weighted by molar-refractivity contribution is 5.69. The van der Waals surface area contributed by atoms with Crippen molar-refractivity contribution in [1.82, 2.24) is 0 Å². The molecular formula is C65H80. The summed E-state index contributed by atoms with van der Waals surface area (Å²) >= 11 is 0. The summed E-state index contributed by atoms with van der Waals surface area (Å²) in [5.41, 5.74) is 7.48. The number of rotatable bonds is 10. The van der Waals surface area contributed by atoms with Gasteiger partial charge in [-0.15, -0.1) is 0 Å². The van der Waals surface area contributed by atoms with Gasteiger partial charge in [-0.2, -0.15) is 0 Å². The van der Waals surface area contributed by atoms with Crippen molar-refractivity contribution in [3.63, 3.8) is 0 Å². The van der Waals surface area contributed by atoms with Crippen LogP contribution in [0.25, 0.3) is 0 Å². The van der Waals surface area contributed by atoms with Gasteiger partial charge in [-0.3, -0.25) is 0 Å². The molecule has 0 unspecified atom stereocenters. The lowest BCUT2D eigenvalue weighted by atomic mass is 9.34. The quantitative estimate of drug-likeness (QED) is 0.131. The second-order valence-corrected chi connectivity index (χ2v) is 22.5. The van der Waals surface area contributed by atoms with E-state index >= 15 is 0 Å². The number of hydrogen-bond acceptors (Lipinski definition) is 0. The van der Waals surface area contributed by atoms with Crippen LogP contribution in [-0.2, 0) is 27.1 Å². The SMILES string of the molecule is c1ccc(C2(C3CCCCC3)C(c3ccccc3)(C3CCCCC3)C(c3ccccc3)(C3CCCCC3)C(c3ccccc3)(C3CCCCC3)C2(c2ccccc2)C2CCCCC2)cc1. The first-order chi connectivity index (χ1) is 32.3. The van der Waals surface area contributed by atoms with Crippen molar-refractivity contribution >= 4 is 0 Å². The zero-order valence-corrected chi connectivity index (χ0v) is 40.0. The fourth-order valence-electron chi connectivity index (χ4n) is 19.4. The molecule has 0 heterocycles. The van der Waals surface area contributed by atoms with Crippen LogP contribution in [-0.4, -0.2) is 0 Å². The van der Waals surface area contributed by atoms with Crippen molar-refractivity contribution in [2.45, 2.75) is 188 Å². The van der Waals surface area contributed by atoms with Crippen LogP contribution < -0.4 is 0 Å². The first-order valence-corrected chi connectivity index (χ1v) is 27.6. The van der Waals surface area contributed by atoms with Crippen LogP contribution in [0.4, 0.5) is 0 Å². The molecule has 0 spiro atoms. The van der Waals surface area contributed by atoms with Crippen LogP contribution in [0, 0.1) is 29.6 Å². The Kier molecular flexibility index (Phi) is 12.5. The maximum Gasteiger partial charge on any atom is 0.0198 e. The van der Waals surface area contributed by atoms with E-state index in [0.717, 1.165) is 0 Å². The van der Waals surface area contributed by atoms with Crippen LogP contribution >= 0.6 is 0 Å². The van der Waals surface area contributed by atoms with E-state index < -0.39 is 0 Å². The fraction of sp³-hybridized carbons (Fsp3) is 0.538. The van der Waals surface area contributed by atoms with E-state index in [0.29, 0.717) is 29.6 Å². The van der Waals surface area contributed by atoms with E-state index in [4.69, 9.17) is 0 Å². The standard InChI is InChI=1S/C65H80/c1-11-31-51(32-12-1)61(52-33-13-2-14-34-52)62(53-35-15-3-16-36-53,54-37-17-4-18-38-54)64(57-43-23-7-24-44-57,58-45-25-8-26-46-58)65(59-47-27-9-28-48-59,60-49-29-10-30-50-60)63(61,55-39-19-5-20-40-55)56-41-21-6-22-42-56/h1,3,5,7,9,11-12,15-16,19-20,23-24,27-28,31-32,35-36,39-40,43-44,47-48,52,54,56,58,60H,2,4,6,8,10,13-14,17-18,21-22,25-26,29-30,33-34,37-38,41-42,45-46,49-50H2. The average molecular weight is 861 g/mol. The maximum absolute atomic E-state index is 2.77. The minimum absolute atomic E-state index is 0.213. The van der Waals surface area contributed by atoms with Gasteiger partial charge in [-0.05, 0) is 122 Å². The summed E-state index contributed by atoms with van der Waals surface area (Å²) in [6.45, 7) is 0. The molecule has 0 bridgehead atoms. The summed E-state index contributed by atoms with van der Waals surface area (Å²) < 4.78 is 0. The van der Waals surface area contributed by atoms with Gasteiger partial charge in [0.1, 0.15) is 0 Å². The Labute approximate surface area is 394 Å². The first kappa shape index (κ1) is 43.7. The molecule has 0 aromatic heterocycles. The van der Waals surface area contributed by atoms with Crippen molar-refractivity contribution in [3.8, 4) is 0 Å². The Hall–Kier alpha value is -3.90. The summed E-state index contributed by atoms with van der Waals surface area (Å²) in [5.74, 6) is 2.73. The molecule has 0 nitrogen and oxygen atoms in total. The van der Waals surface area contributed by atoms with Gasteiger partial charge < -0.3 is 0 Å². The Bertz CT molecular complexity index is 1840. The zero-order valence-electron chi connectivity index (χ0n) is 40.0. The highest BCUT2D eigenvalue weighted by Gasteiger charge is 2.92. The summed E-state index contributed by atoms with van der Waals surface area (Å²) in [7, 11) is 0. The van der Waals surface area contributed by atoms with Gasteiger partial charge in [0.05, 0.1) is 0 Å². The second kappa shape index (κ2) is 18.6. The van der Waals surface area contributed by atoms with E-state index in [1.807, 2.05) is 0 Å².